The topological polar surface area (TPSA) is 0 Å². The number of rotatable bonds is 4. The molecule has 0 aromatic carbocycles. The summed E-state index contributed by atoms with van der Waals surface area (Å²) < 4.78 is -17.1. The van der Waals surface area contributed by atoms with Gasteiger partial charge in [0.15, 0.2) is 17.8 Å². The summed E-state index contributed by atoms with van der Waals surface area (Å²) >= 11 is 101. The number of alkyl halides is 15. The highest BCUT2D eigenvalue weighted by atomic mass is 35.6. The molecule has 0 unspecified atom stereocenters. The molecule has 0 fully saturated rings. The molecule has 0 heterocycles. The van der Waals surface area contributed by atoms with Gasteiger partial charge in [0.05, 0.1) is 0 Å². The van der Waals surface area contributed by atoms with E-state index in [1.807, 2.05) is 0 Å². The van der Waals surface area contributed by atoms with Crippen LogP contribution in [-0.4, -0.2) is 24.4 Å². The van der Waals surface area contributed by atoms with Crippen LogP contribution in [0.15, 0.2) is 0 Å². The third kappa shape index (κ3) is 4.98. The first-order valence-corrected chi connectivity index (χ1v) is 11.4. The number of hydrogen-bond donors (Lipinski definition) is 0. The first-order chi connectivity index (χ1) is 10.4. The first-order valence-electron chi connectivity index (χ1n) is 4.96. The third-order valence-corrected chi connectivity index (χ3v) is 10.3. The fourth-order valence-corrected chi connectivity index (χ4v) is 10.1. The largest absolute Gasteiger partial charge is 0.207 e. The Morgan fingerprint density at radius 3 is 0.800 bits per heavy atom. The SMILES string of the molecule is Cl[C](Cl)C(Cl)(Cl)C(Cl)(Cl)C(Cl)(Cl)C(C(Cl)(Cl)Cl)(C(Cl)(Cl)Cl)C(Cl)(Cl)Cl. The molecule has 0 bridgehead atoms. The van der Waals surface area contributed by atoms with Gasteiger partial charge in [0.1, 0.15) is 5.41 Å². The highest BCUT2D eigenvalue weighted by Crippen LogP contribution is 2.78. The molecule has 0 saturated heterocycles. The summed E-state index contributed by atoms with van der Waals surface area (Å²) in [5, 5.41) is 0. The van der Waals surface area contributed by atoms with Gasteiger partial charge in [0.2, 0.25) is 11.4 Å². The summed E-state index contributed by atoms with van der Waals surface area (Å²) in [6.45, 7) is 0. The van der Waals surface area contributed by atoms with Crippen molar-refractivity contribution in [2.45, 2.75) is 24.4 Å². The average molecular weight is 699 g/mol. The Morgan fingerprint density at radius 2 is 0.640 bits per heavy atom. The van der Waals surface area contributed by atoms with E-state index >= 15 is 0 Å². The van der Waals surface area contributed by atoms with Crippen molar-refractivity contribution < 1.29 is 0 Å². The van der Waals surface area contributed by atoms with Gasteiger partial charge in [-0.15, -0.1) is 0 Å². The van der Waals surface area contributed by atoms with E-state index in [1.54, 1.807) is 0 Å². The molecule has 0 N–H and O–H groups in total. The average Bonchev–Trinajstić information content (AvgIpc) is 2.20. The standard InChI is InChI=1S/C8Cl17/c9-1(10)2(11,12)4(13,14)5(15,16)3(6(17,18)19,7(20,21)22)8(23,24)25. The van der Waals surface area contributed by atoms with Crippen LogP contribution in [0.5, 0.6) is 0 Å². The zero-order chi connectivity index (χ0) is 21.1. The quantitative estimate of drug-likeness (QED) is 0.257. The predicted molar refractivity (Wildman–Crippen MR) is 122 cm³/mol. The van der Waals surface area contributed by atoms with E-state index in [0.29, 0.717) is 0 Å². The van der Waals surface area contributed by atoms with Gasteiger partial charge < -0.3 is 0 Å². The Hall–Kier alpha value is 4.93. The molecule has 0 aromatic rings. The molecule has 0 aromatic heterocycles. The van der Waals surface area contributed by atoms with Gasteiger partial charge in [0.25, 0.3) is 0 Å². The number of halogens is 17. The molecule has 0 aliphatic rings. The minimum atomic E-state index is -3.04. The van der Waals surface area contributed by atoms with Gasteiger partial charge in [-0.2, -0.15) is 0 Å². The van der Waals surface area contributed by atoms with Crippen LogP contribution in [0.2, 0.25) is 0 Å². The van der Waals surface area contributed by atoms with E-state index in [9.17, 15) is 0 Å². The molecule has 0 nitrogen and oxygen atoms in total. The van der Waals surface area contributed by atoms with Crippen molar-refractivity contribution in [1.82, 2.24) is 0 Å². The lowest BCUT2D eigenvalue weighted by Crippen LogP contribution is -2.72. The van der Waals surface area contributed by atoms with Crippen molar-refractivity contribution in [3.8, 4) is 0 Å². The minimum Gasteiger partial charge on any atom is -0.0970 e. The van der Waals surface area contributed by atoms with E-state index in [-0.39, 0.29) is 0 Å². The Morgan fingerprint density at radius 1 is 0.400 bits per heavy atom. The van der Waals surface area contributed by atoms with Crippen LogP contribution in [0.25, 0.3) is 0 Å². The highest BCUT2D eigenvalue weighted by Gasteiger charge is 2.85. The maximum atomic E-state index is 6.28. The molecule has 17 heteroatoms. The van der Waals surface area contributed by atoms with Crippen LogP contribution >= 0.6 is 197 Å². The van der Waals surface area contributed by atoms with Crippen LogP contribution in [0.3, 0.4) is 0 Å². The minimum absolute atomic E-state index is 0.821. The second-order valence-corrected chi connectivity index (χ2v) is 16.0. The Balaban J connectivity index is 7.21. The summed E-state index contributed by atoms with van der Waals surface area (Å²) in [7, 11) is 0. The Kier molecular flexibility index (Phi) is 10.8. The zero-order valence-corrected chi connectivity index (χ0v) is 23.3. The van der Waals surface area contributed by atoms with E-state index < -0.39 is 34.6 Å². The van der Waals surface area contributed by atoms with Crippen LogP contribution in [0.4, 0.5) is 0 Å². The summed E-state index contributed by atoms with van der Waals surface area (Å²) in [6, 6.07) is 0. The van der Waals surface area contributed by atoms with Gasteiger partial charge in [-0.3, -0.25) is 0 Å². The fraction of sp³-hybridized carbons (Fsp3) is 0.875. The van der Waals surface area contributed by atoms with Crippen LogP contribution in [0, 0.1) is 10.3 Å². The van der Waals surface area contributed by atoms with E-state index in [4.69, 9.17) is 197 Å². The normalized spacial score (nSPS) is 16.6. The molecule has 0 amide bonds. The maximum Gasteiger partial charge on any atom is 0.207 e. The smallest absolute Gasteiger partial charge is 0.0970 e. The maximum absolute atomic E-state index is 6.28. The molecular formula is C8Cl17. The first kappa shape index (κ1) is 29.9. The predicted octanol–water partition coefficient (Wildman–Crippen LogP) is 10.6. The highest BCUT2D eigenvalue weighted by molar-refractivity contribution is 6.82. The van der Waals surface area contributed by atoms with Crippen molar-refractivity contribution >= 4 is 197 Å². The van der Waals surface area contributed by atoms with Crippen molar-refractivity contribution in [1.29, 1.82) is 0 Å². The molecule has 0 saturated carbocycles. The zero-order valence-electron chi connectivity index (χ0n) is 10.4. The Labute approximate surface area is 228 Å². The fourth-order valence-electron chi connectivity index (χ4n) is 1.57. The Bertz CT molecular complexity index is 436. The summed E-state index contributed by atoms with van der Waals surface area (Å²) in [6.07, 6.45) is 0. The summed E-state index contributed by atoms with van der Waals surface area (Å²) in [5.41, 5.74) is -3.01. The van der Waals surface area contributed by atoms with Gasteiger partial charge >= 0.3 is 0 Å². The van der Waals surface area contributed by atoms with Gasteiger partial charge in [0, 0.05) is 0 Å². The summed E-state index contributed by atoms with van der Waals surface area (Å²) in [4.78, 5) is -0.821. The number of hydrogen-bond acceptors (Lipinski definition) is 0. The second kappa shape index (κ2) is 9.05. The van der Waals surface area contributed by atoms with Crippen molar-refractivity contribution in [2.24, 2.45) is 5.41 Å². The lowest BCUT2D eigenvalue weighted by molar-refractivity contribution is 0.238. The lowest BCUT2D eigenvalue weighted by Gasteiger charge is -2.58. The third-order valence-electron chi connectivity index (χ3n) is 2.77. The van der Waals surface area contributed by atoms with Crippen LogP contribution in [0.1, 0.15) is 0 Å². The lowest BCUT2D eigenvalue weighted by atomic mass is 9.84. The van der Waals surface area contributed by atoms with Crippen LogP contribution < -0.4 is 0 Å². The molecule has 0 rings (SSSR count). The molecule has 0 aliphatic carbocycles. The molecule has 0 spiro atoms. The van der Waals surface area contributed by atoms with Gasteiger partial charge in [-0.05, 0) is 0 Å². The molecular weight excluding hydrogens is 699 g/mol. The van der Waals surface area contributed by atoms with Gasteiger partial charge in [-0.25, -0.2) is 0 Å². The van der Waals surface area contributed by atoms with Crippen molar-refractivity contribution in [3.05, 3.63) is 4.84 Å². The monoisotopic (exact) mass is 690 g/mol. The van der Waals surface area contributed by atoms with E-state index in [1.165, 1.54) is 0 Å². The van der Waals surface area contributed by atoms with Crippen LogP contribution in [-0.2, 0) is 0 Å². The van der Waals surface area contributed by atoms with Gasteiger partial charge in [-0.1, -0.05) is 197 Å². The second-order valence-electron chi connectivity index (χ2n) is 4.23. The van der Waals surface area contributed by atoms with E-state index in [2.05, 4.69) is 0 Å². The molecule has 151 valence electrons. The molecule has 0 aliphatic heterocycles. The molecule has 1 radical (unpaired) electrons. The molecule has 0 atom stereocenters. The van der Waals surface area contributed by atoms with Crippen molar-refractivity contribution in [2.75, 3.05) is 0 Å². The summed E-state index contributed by atoms with van der Waals surface area (Å²) in [5.74, 6) is 0. The van der Waals surface area contributed by atoms with Crippen molar-refractivity contribution in [3.63, 3.8) is 0 Å². The van der Waals surface area contributed by atoms with E-state index in [0.717, 1.165) is 0 Å². The molecule has 25 heavy (non-hydrogen) atoms.